The van der Waals surface area contributed by atoms with Crippen molar-refractivity contribution in [1.29, 1.82) is 0 Å². The van der Waals surface area contributed by atoms with E-state index in [9.17, 15) is 5.11 Å². The van der Waals surface area contributed by atoms with Crippen molar-refractivity contribution in [2.75, 3.05) is 26.2 Å². The van der Waals surface area contributed by atoms with Crippen LogP contribution >= 0.6 is 0 Å². The zero-order chi connectivity index (χ0) is 15.5. The second-order valence-corrected chi connectivity index (χ2v) is 5.99. The molecule has 0 radical (unpaired) electrons. The van der Waals surface area contributed by atoms with Gasteiger partial charge in [0.2, 0.25) is 0 Å². The number of β-amino-alcohol motifs (C(OH)–C–C–N with tert-alkyl or cyclic N) is 1. The second kappa shape index (κ2) is 6.64. The summed E-state index contributed by atoms with van der Waals surface area (Å²) in [5, 5.41) is 14.5. The van der Waals surface area contributed by atoms with Crippen molar-refractivity contribution in [1.82, 2.24) is 14.7 Å². The van der Waals surface area contributed by atoms with Gasteiger partial charge < -0.3 is 14.3 Å². The number of furan rings is 1. The number of nitrogens with zero attached hydrogens (tertiary/aromatic N) is 3. The maximum absolute atomic E-state index is 10.0. The molecule has 1 unspecified atom stereocenters. The zero-order valence-corrected chi connectivity index (χ0v) is 13.1. The van der Waals surface area contributed by atoms with Gasteiger partial charge in [-0.15, -0.1) is 0 Å². The summed E-state index contributed by atoms with van der Waals surface area (Å²) in [5.74, 6) is 0.778. The van der Waals surface area contributed by atoms with E-state index in [1.807, 2.05) is 19.1 Å². The van der Waals surface area contributed by atoms with E-state index in [1.54, 1.807) is 6.26 Å². The van der Waals surface area contributed by atoms with Gasteiger partial charge in [0, 0.05) is 25.3 Å². The molecule has 0 aromatic carbocycles. The van der Waals surface area contributed by atoms with Crippen molar-refractivity contribution in [2.24, 2.45) is 0 Å². The average Bonchev–Trinajstić information content (AvgIpc) is 3.03. The van der Waals surface area contributed by atoms with Crippen LogP contribution in [0.15, 0.2) is 28.9 Å². The lowest BCUT2D eigenvalue weighted by molar-refractivity contribution is -0.0167. The van der Waals surface area contributed by atoms with E-state index in [0.717, 1.165) is 24.5 Å². The number of aryl methyl sites for hydroxylation is 2. The molecular formula is C16H23N3O3. The molecule has 2 aromatic rings. The molecule has 1 fully saturated rings. The first-order chi connectivity index (χ1) is 10.6. The Balaban J connectivity index is 1.35. The van der Waals surface area contributed by atoms with Gasteiger partial charge in [-0.3, -0.25) is 9.58 Å². The maximum atomic E-state index is 10.0. The molecule has 1 atom stereocenters. The van der Waals surface area contributed by atoms with Crippen molar-refractivity contribution in [3.8, 4) is 0 Å². The third-order valence-electron chi connectivity index (χ3n) is 3.93. The monoisotopic (exact) mass is 305 g/mol. The van der Waals surface area contributed by atoms with Crippen LogP contribution in [-0.4, -0.2) is 52.1 Å². The van der Waals surface area contributed by atoms with Crippen LogP contribution in [-0.2, 0) is 11.3 Å². The molecule has 2 aromatic heterocycles. The van der Waals surface area contributed by atoms with Crippen LogP contribution in [0.1, 0.15) is 23.2 Å². The highest BCUT2D eigenvalue weighted by atomic mass is 16.5. The van der Waals surface area contributed by atoms with Crippen LogP contribution in [0.3, 0.4) is 0 Å². The van der Waals surface area contributed by atoms with Gasteiger partial charge >= 0.3 is 0 Å². The summed E-state index contributed by atoms with van der Waals surface area (Å²) in [6.07, 6.45) is 1.14. The minimum absolute atomic E-state index is 0.321. The fourth-order valence-electron chi connectivity index (χ4n) is 2.90. The first-order valence-electron chi connectivity index (χ1n) is 7.65. The lowest BCUT2D eigenvalue weighted by atomic mass is 10.1. The van der Waals surface area contributed by atoms with Crippen molar-refractivity contribution < 1.29 is 14.3 Å². The van der Waals surface area contributed by atoms with E-state index < -0.39 is 6.10 Å². The summed E-state index contributed by atoms with van der Waals surface area (Å²) in [6.45, 7) is 7.31. The molecule has 120 valence electrons. The standard InChI is InChI=1S/C16H23N3O3/c1-12-6-13(2)19(17-12)14-7-18(8-14)9-15(20)10-21-11-16-4-3-5-22-16/h3-6,14-15,20H,7-11H2,1-2H3. The highest BCUT2D eigenvalue weighted by Gasteiger charge is 2.30. The van der Waals surface area contributed by atoms with Gasteiger partial charge in [-0.1, -0.05) is 0 Å². The first-order valence-corrected chi connectivity index (χ1v) is 7.65. The minimum atomic E-state index is -0.476. The fraction of sp³-hybridized carbons (Fsp3) is 0.562. The van der Waals surface area contributed by atoms with Crippen LogP contribution in [0.2, 0.25) is 0 Å². The number of hydrogen-bond acceptors (Lipinski definition) is 5. The molecule has 22 heavy (non-hydrogen) atoms. The van der Waals surface area contributed by atoms with Gasteiger partial charge in [-0.25, -0.2) is 0 Å². The molecule has 1 aliphatic heterocycles. The number of aliphatic hydroxyl groups excluding tert-OH is 1. The van der Waals surface area contributed by atoms with Gasteiger partial charge in [0.1, 0.15) is 12.4 Å². The molecule has 1 aliphatic rings. The summed E-state index contributed by atoms with van der Waals surface area (Å²) >= 11 is 0. The van der Waals surface area contributed by atoms with E-state index in [4.69, 9.17) is 9.15 Å². The smallest absolute Gasteiger partial charge is 0.129 e. The van der Waals surface area contributed by atoms with E-state index >= 15 is 0 Å². The molecule has 0 spiro atoms. The molecule has 0 amide bonds. The zero-order valence-electron chi connectivity index (χ0n) is 13.1. The number of aromatic nitrogens is 2. The Morgan fingerprint density at radius 3 is 2.91 bits per heavy atom. The summed E-state index contributed by atoms with van der Waals surface area (Å²) < 4.78 is 12.7. The normalized spacial score (nSPS) is 17.6. The quantitative estimate of drug-likeness (QED) is 0.840. The molecule has 1 N–H and O–H groups in total. The fourth-order valence-corrected chi connectivity index (χ4v) is 2.90. The molecule has 1 saturated heterocycles. The highest BCUT2D eigenvalue weighted by molar-refractivity contribution is 5.09. The average molecular weight is 305 g/mol. The summed E-state index contributed by atoms with van der Waals surface area (Å²) in [6, 6.07) is 6.21. The number of hydrogen-bond donors (Lipinski definition) is 1. The minimum Gasteiger partial charge on any atom is -0.467 e. The lowest BCUT2D eigenvalue weighted by Gasteiger charge is -2.40. The molecule has 6 heteroatoms. The summed E-state index contributed by atoms with van der Waals surface area (Å²) in [7, 11) is 0. The van der Waals surface area contributed by atoms with Gasteiger partial charge in [-0.05, 0) is 32.0 Å². The highest BCUT2D eigenvalue weighted by Crippen LogP contribution is 2.22. The molecule has 3 rings (SSSR count). The molecular weight excluding hydrogens is 282 g/mol. The molecule has 0 bridgehead atoms. The van der Waals surface area contributed by atoms with Gasteiger partial charge in [0.15, 0.2) is 0 Å². The molecule has 0 saturated carbocycles. The Morgan fingerprint density at radius 2 is 2.27 bits per heavy atom. The predicted molar refractivity (Wildman–Crippen MR) is 81.5 cm³/mol. The number of rotatable bonds is 7. The second-order valence-electron chi connectivity index (χ2n) is 5.99. The van der Waals surface area contributed by atoms with Crippen molar-refractivity contribution >= 4 is 0 Å². The molecule has 3 heterocycles. The van der Waals surface area contributed by atoms with Gasteiger partial charge in [0.25, 0.3) is 0 Å². The number of ether oxygens (including phenoxy) is 1. The van der Waals surface area contributed by atoms with Crippen molar-refractivity contribution in [2.45, 2.75) is 32.6 Å². The number of likely N-dealkylation sites (tertiary alicyclic amines) is 1. The van der Waals surface area contributed by atoms with Crippen molar-refractivity contribution in [3.05, 3.63) is 41.6 Å². The van der Waals surface area contributed by atoms with E-state index in [-0.39, 0.29) is 0 Å². The predicted octanol–water partition coefficient (Wildman–Crippen LogP) is 1.53. The van der Waals surface area contributed by atoms with Crippen LogP contribution in [0, 0.1) is 13.8 Å². The maximum Gasteiger partial charge on any atom is 0.129 e. The Hall–Kier alpha value is -1.63. The number of aliphatic hydroxyl groups is 1. The van der Waals surface area contributed by atoms with E-state index in [2.05, 4.69) is 27.7 Å². The van der Waals surface area contributed by atoms with Crippen LogP contribution < -0.4 is 0 Å². The van der Waals surface area contributed by atoms with Crippen LogP contribution in [0.5, 0.6) is 0 Å². The molecule has 0 aliphatic carbocycles. The summed E-state index contributed by atoms with van der Waals surface area (Å²) in [4.78, 5) is 2.22. The molecule has 6 nitrogen and oxygen atoms in total. The topological polar surface area (TPSA) is 63.7 Å². The van der Waals surface area contributed by atoms with Gasteiger partial charge in [0.05, 0.1) is 30.7 Å². The SMILES string of the molecule is Cc1cc(C)n(C2CN(CC(O)COCc3ccco3)C2)n1. The Labute approximate surface area is 130 Å². The third kappa shape index (κ3) is 3.58. The van der Waals surface area contributed by atoms with Crippen molar-refractivity contribution in [3.63, 3.8) is 0 Å². The largest absolute Gasteiger partial charge is 0.467 e. The Bertz CT molecular complexity index is 588. The van der Waals surface area contributed by atoms with Gasteiger partial charge in [-0.2, -0.15) is 5.10 Å². The Morgan fingerprint density at radius 1 is 1.45 bits per heavy atom. The summed E-state index contributed by atoms with van der Waals surface area (Å²) in [5.41, 5.74) is 2.26. The first kappa shape index (κ1) is 15.3. The van der Waals surface area contributed by atoms with E-state index in [0.29, 0.717) is 25.8 Å². The third-order valence-corrected chi connectivity index (χ3v) is 3.93. The lowest BCUT2D eigenvalue weighted by Crippen LogP contribution is -2.51. The van der Waals surface area contributed by atoms with E-state index in [1.165, 1.54) is 5.69 Å². The van der Waals surface area contributed by atoms with Crippen LogP contribution in [0.4, 0.5) is 0 Å². The van der Waals surface area contributed by atoms with Crippen LogP contribution in [0.25, 0.3) is 0 Å². The Kier molecular flexibility index (Phi) is 4.61.